The van der Waals surface area contributed by atoms with Crippen LogP contribution >= 0.6 is 15.9 Å². The lowest BCUT2D eigenvalue weighted by molar-refractivity contribution is 0.111. The lowest BCUT2D eigenvalue weighted by Crippen LogP contribution is -1.98. The monoisotopic (exact) mass is 258 g/mol. The highest BCUT2D eigenvalue weighted by atomic mass is 79.9. The van der Waals surface area contributed by atoms with Crippen molar-refractivity contribution in [3.63, 3.8) is 0 Å². The van der Waals surface area contributed by atoms with Crippen molar-refractivity contribution < 1.29 is 14.3 Å². The minimum absolute atomic E-state index is 0.477. The standard InChI is InChI=1S/C10H11BrO3/c1-3-14-9-5-8(11)4-7(6-12)10(9)13-2/h4-6H,3H2,1-2H3. The minimum atomic E-state index is 0.477. The summed E-state index contributed by atoms with van der Waals surface area (Å²) in [5.74, 6) is 1.05. The minimum Gasteiger partial charge on any atom is -0.492 e. The molecule has 0 aromatic heterocycles. The van der Waals surface area contributed by atoms with Gasteiger partial charge in [0.1, 0.15) is 0 Å². The summed E-state index contributed by atoms with van der Waals surface area (Å²) in [6, 6.07) is 3.46. The number of hydrogen-bond acceptors (Lipinski definition) is 3. The number of benzene rings is 1. The molecule has 1 aromatic carbocycles. The number of hydrogen-bond donors (Lipinski definition) is 0. The van der Waals surface area contributed by atoms with Crippen molar-refractivity contribution in [2.75, 3.05) is 13.7 Å². The summed E-state index contributed by atoms with van der Waals surface area (Å²) >= 11 is 3.29. The van der Waals surface area contributed by atoms with Crippen molar-refractivity contribution in [3.05, 3.63) is 22.2 Å². The number of methoxy groups -OCH3 is 1. The summed E-state index contributed by atoms with van der Waals surface area (Å²) in [5.41, 5.74) is 0.477. The van der Waals surface area contributed by atoms with E-state index in [4.69, 9.17) is 9.47 Å². The van der Waals surface area contributed by atoms with Gasteiger partial charge in [0.25, 0.3) is 0 Å². The van der Waals surface area contributed by atoms with E-state index >= 15 is 0 Å². The third-order valence-corrected chi connectivity index (χ3v) is 2.14. The fourth-order valence-corrected chi connectivity index (χ4v) is 1.61. The zero-order chi connectivity index (χ0) is 10.6. The Morgan fingerprint density at radius 3 is 2.71 bits per heavy atom. The molecule has 76 valence electrons. The Bertz CT molecular complexity index is 336. The molecule has 0 aliphatic heterocycles. The van der Waals surface area contributed by atoms with E-state index in [0.29, 0.717) is 23.7 Å². The van der Waals surface area contributed by atoms with Crippen LogP contribution < -0.4 is 9.47 Å². The molecule has 0 bridgehead atoms. The van der Waals surface area contributed by atoms with E-state index in [0.717, 1.165) is 10.8 Å². The summed E-state index contributed by atoms with van der Waals surface area (Å²) in [6.07, 6.45) is 0.742. The van der Waals surface area contributed by atoms with Crippen LogP contribution in [0.15, 0.2) is 16.6 Å². The van der Waals surface area contributed by atoms with Crippen LogP contribution in [0.3, 0.4) is 0 Å². The highest BCUT2D eigenvalue weighted by Crippen LogP contribution is 2.33. The molecule has 0 N–H and O–H groups in total. The molecule has 1 rings (SSSR count). The van der Waals surface area contributed by atoms with Crippen molar-refractivity contribution in [1.82, 2.24) is 0 Å². The van der Waals surface area contributed by atoms with Gasteiger partial charge in [-0.25, -0.2) is 0 Å². The Balaban J connectivity index is 3.23. The van der Waals surface area contributed by atoms with E-state index in [9.17, 15) is 4.79 Å². The second-order valence-corrected chi connectivity index (χ2v) is 3.49. The van der Waals surface area contributed by atoms with E-state index in [-0.39, 0.29) is 0 Å². The van der Waals surface area contributed by atoms with Crippen LogP contribution in [0.5, 0.6) is 11.5 Å². The summed E-state index contributed by atoms with van der Waals surface area (Å²) in [7, 11) is 1.51. The SMILES string of the molecule is CCOc1cc(Br)cc(C=O)c1OC. The van der Waals surface area contributed by atoms with Crippen LogP contribution in [0, 0.1) is 0 Å². The van der Waals surface area contributed by atoms with Crippen LogP contribution in [-0.4, -0.2) is 20.0 Å². The van der Waals surface area contributed by atoms with Gasteiger partial charge in [-0.2, -0.15) is 0 Å². The number of rotatable bonds is 4. The Labute approximate surface area is 91.1 Å². The van der Waals surface area contributed by atoms with E-state index in [1.54, 1.807) is 12.1 Å². The predicted octanol–water partition coefficient (Wildman–Crippen LogP) is 2.67. The molecule has 14 heavy (non-hydrogen) atoms. The van der Waals surface area contributed by atoms with Crippen molar-refractivity contribution >= 4 is 22.2 Å². The smallest absolute Gasteiger partial charge is 0.171 e. The Morgan fingerprint density at radius 2 is 2.21 bits per heavy atom. The summed E-state index contributed by atoms with van der Waals surface area (Å²) in [4.78, 5) is 10.7. The van der Waals surface area contributed by atoms with Gasteiger partial charge in [-0.1, -0.05) is 15.9 Å². The van der Waals surface area contributed by atoms with E-state index in [1.807, 2.05) is 6.92 Å². The Morgan fingerprint density at radius 1 is 1.50 bits per heavy atom. The van der Waals surface area contributed by atoms with Gasteiger partial charge in [0.15, 0.2) is 17.8 Å². The normalized spacial score (nSPS) is 9.64. The van der Waals surface area contributed by atoms with Crippen LogP contribution in [0.2, 0.25) is 0 Å². The zero-order valence-corrected chi connectivity index (χ0v) is 9.63. The molecule has 0 amide bonds. The second kappa shape index (κ2) is 5.00. The molecule has 0 radical (unpaired) electrons. The Hall–Kier alpha value is -1.03. The van der Waals surface area contributed by atoms with Crippen molar-refractivity contribution in [2.24, 2.45) is 0 Å². The van der Waals surface area contributed by atoms with Crippen LogP contribution in [0.25, 0.3) is 0 Å². The van der Waals surface area contributed by atoms with E-state index in [1.165, 1.54) is 7.11 Å². The summed E-state index contributed by atoms with van der Waals surface area (Å²) in [5, 5.41) is 0. The molecule has 0 saturated carbocycles. The van der Waals surface area contributed by atoms with Gasteiger partial charge in [0.2, 0.25) is 0 Å². The lowest BCUT2D eigenvalue weighted by Gasteiger charge is -2.11. The first-order valence-electron chi connectivity index (χ1n) is 4.18. The maximum atomic E-state index is 10.7. The molecule has 0 fully saturated rings. The third kappa shape index (κ3) is 2.26. The topological polar surface area (TPSA) is 35.5 Å². The van der Waals surface area contributed by atoms with Gasteiger partial charge >= 0.3 is 0 Å². The number of ether oxygens (including phenoxy) is 2. The summed E-state index contributed by atoms with van der Waals surface area (Å²) in [6.45, 7) is 2.41. The van der Waals surface area contributed by atoms with Crippen molar-refractivity contribution in [2.45, 2.75) is 6.92 Å². The first kappa shape index (κ1) is 11.0. The molecule has 0 heterocycles. The molecule has 0 spiro atoms. The summed E-state index contributed by atoms with van der Waals surface area (Å²) < 4.78 is 11.2. The second-order valence-electron chi connectivity index (χ2n) is 2.58. The van der Waals surface area contributed by atoms with Crippen LogP contribution in [0.4, 0.5) is 0 Å². The third-order valence-electron chi connectivity index (χ3n) is 1.68. The molecule has 4 heteroatoms. The maximum absolute atomic E-state index is 10.7. The van der Waals surface area contributed by atoms with Gasteiger partial charge in [0, 0.05) is 4.47 Å². The molecular formula is C10H11BrO3. The first-order chi connectivity index (χ1) is 6.72. The fourth-order valence-electron chi connectivity index (χ4n) is 1.16. The van der Waals surface area contributed by atoms with E-state index in [2.05, 4.69) is 15.9 Å². The highest BCUT2D eigenvalue weighted by Gasteiger charge is 2.10. The molecule has 1 aromatic rings. The number of halogens is 1. The highest BCUT2D eigenvalue weighted by molar-refractivity contribution is 9.10. The van der Waals surface area contributed by atoms with Gasteiger partial charge < -0.3 is 9.47 Å². The zero-order valence-electron chi connectivity index (χ0n) is 8.04. The van der Waals surface area contributed by atoms with Gasteiger partial charge in [0.05, 0.1) is 19.3 Å². The van der Waals surface area contributed by atoms with E-state index < -0.39 is 0 Å². The molecule has 0 aliphatic carbocycles. The Kier molecular flexibility index (Phi) is 3.95. The van der Waals surface area contributed by atoms with Crippen molar-refractivity contribution in [3.8, 4) is 11.5 Å². The van der Waals surface area contributed by atoms with Crippen molar-refractivity contribution in [1.29, 1.82) is 0 Å². The molecule has 0 saturated heterocycles. The van der Waals surface area contributed by atoms with Crippen LogP contribution in [0.1, 0.15) is 17.3 Å². The van der Waals surface area contributed by atoms with Gasteiger partial charge in [-0.3, -0.25) is 4.79 Å². The average Bonchev–Trinajstić information content (AvgIpc) is 2.17. The molecule has 0 unspecified atom stereocenters. The largest absolute Gasteiger partial charge is 0.492 e. The van der Waals surface area contributed by atoms with Gasteiger partial charge in [-0.15, -0.1) is 0 Å². The molecule has 0 aliphatic rings. The molecule has 0 atom stereocenters. The van der Waals surface area contributed by atoms with Crippen LogP contribution in [-0.2, 0) is 0 Å². The number of carbonyl (C=O) groups is 1. The predicted molar refractivity (Wildman–Crippen MR) is 57.3 cm³/mol. The molecular weight excluding hydrogens is 248 g/mol. The maximum Gasteiger partial charge on any atom is 0.171 e. The first-order valence-corrected chi connectivity index (χ1v) is 4.97. The average molecular weight is 259 g/mol. The fraction of sp³-hybridized carbons (Fsp3) is 0.300. The quantitative estimate of drug-likeness (QED) is 0.780. The molecule has 3 nitrogen and oxygen atoms in total. The van der Waals surface area contributed by atoms with Gasteiger partial charge in [-0.05, 0) is 19.1 Å². The number of carbonyl (C=O) groups excluding carboxylic acids is 1. The number of aldehydes is 1. The lowest BCUT2D eigenvalue weighted by atomic mass is 10.2.